The Kier molecular flexibility index (Phi) is 3.45. The summed E-state index contributed by atoms with van der Waals surface area (Å²) in [6, 6.07) is 11.4. The lowest BCUT2D eigenvalue weighted by Crippen LogP contribution is -2.22. The van der Waals surface area contributed by atoms with Crippen LogP contribution in [0, 0.1) is 0 Å². The number of anilines is 2. The molecule has 24 heavy (non-hydrogen) atoms. The van der Waals surface area contributed by atoms with E-state index in [4.69, 9.17) is 10.8 Å². The van der Waals surface area contributed by atoms with E-state index < -0.39 is 0 Å². The Labute approximate surface area is 139 Å². The van der Waals surface area contributed by atoms with Crippen LogP contribution in [0.4, 0.5) is 11.5 Å². The van der Waals surface area contributed by atoms with Crippen LogP contribution in [0.5, 0.6) is 0 Å². The van der Waals surface area contributed by atoms with E-state index in [-0.39, 0.29) is 5.78 Å². The van der Waals surface area contributed by atoms with Gasteiger partial charge < -0.3 is 10.6 Å². The van der Waals surface area contributed by atoms with Gasteiger partial charge in [-0.05, 0) is 25.0 Å². The molecule has 1 aliphatic heterocycles. The van der Waals surface area contributed by atoms with Gasteiger partial charge in [-0.15, -0.1) is 0 Å². The zero-order valence-electron chi connectivity index (χ0n) is 13.6. The number of Topliss-reactive ketones (excluding diaryl/α,β-unsaturated/α-hetero) is 1. The lowest BCUT2D eigenvalue weighted by atomic mass is 10.1. The van der Waals surface area contributed by atoms with Gasteiger partial charge >= 0.3 is 0 Å². The highest BCUT2D eigenvalue weighted by Crippen LogP contribution is 2.26. The van der Waals surface area contributed by atoms with Crippen LogP contribution in [-0.4, -0.2) is 33.5 Å². The van der Waals surface area contributed by atoms with E-state index in [1.165, 1.54) is 0 Å². The molecule has 2 aromatic heterocycles. The summed E-state index contributed by atoms with van der Waals surface area (Å²) in [7, 11) is 0. The molecule has 0 unspecified atom stereocenters. The molecule has 3 aromatic rings. The summed E-state index contributed by atoms with van der Waals surface area (Å²) in [5, 5.41) is 4.72. The zero-order valence-corrected chi connectivity index (χ0v) is 13.6. The normalized spacial score (nSPS) is 14.5. The van der Waals surface area contributed by atoms with Gasteiger partial charge in [-0.1, -0.05) is 12.1 Å². The Morgan fingerprint density at radius 3 is 2.50 bits per heavy atom. The number of hydrogen-bond acceptors (Lipinski definition) is 5. The van der Waals surface area contributed by atoms with Gasteiger partial charge in [0.1, 0.15) is 11.5 Å². The van der Waals surface area contributed by atoms with Gasteiger partial charge in [-0.2, -0.15) is 9.61 Å². The van der Waals surface area contributed by atoms with Gasteiger partial charge in [0.15, 0.2) is 11.4 Å². The minimum atomic E-state index is -0.0341. The Bertz CT molecular complexity index is 907. The number of benzene rings is 1. The Hall–Kier alpha value is -2.89. The molecule has 0 aliphatic carbocycles. The molecule has 3 heterocycles. The molecular weight excluding hydrogens is 302 g/mol. The van der Waals surface area contributed by atoms with Crippen LogP contribution in [0.3, 0.4) is 0 Å². The second-order valence-corrected chi connectivity index (χ2v) is 6.17. The summed E-state index contributed by atoms with van der Waals surface area (Å²) < 4.78 is 1.84. The molecule has 1 saturated heterocycles. The van der Waals surface area contributed by atoms with Crippen molar-refractivity contribution >= 4 is 22.9 Å². The third-order valence-corrected chi connectivity index (χ3v) is 4.41. The molecule has 0 atom stereocenters. The lowest BCUT2D eigenvalue weighted by Gasteiger charge is -2.18. The highest BCUT2D eigenvalue weighted by molar-refractivity contribution is 5.93. The number of carbonyl (C=O) groups excluding carboxylic acids is 1. The molecule has 4 rings (SSSR count). The van der Waals surface area contributed by atoms with Crippen molar-refractivity contribution in [3.05, 3.63) is 42.1 Å². The van der Waals surface area contributed by atoms with Crippen molar-refractivity contribution in [3.8, 4) is 11.3 Å². The van der Waals surface area contributed by atoms with E-state index in [1.54, 1.807) is 6.92 Å². The van der Waals surface area contributed by atoms with Crippen molar-refractivity contribution in [2.24, 2.45) is 0 Å². The first-order chi connectivity index (χ1) is 11.6. The van der Waals surface area contributed by atoms with Gasteiger partial charge in [0.25, 0.3) is 0 Å². The van der Waals surface area contributed by atoms with E-state index in [0.717, 1.165) is 48.7 Å². The fourth-order valence-corrected chi connectivity index (χ4v) is 3.11. The molecule has 1 aromatic carbocycles. The summed E-state index contributed by atoms with van der Waals surface area (Å²) in [5.41, 5.74) is 9.45. The van der Waals surface area contributed by atoms with Crippen LogP contribution in [0.15, 0.2) is 36.4 Å². The van der Waals surface area contributed by atoms with Gasteiger partial charge in [0.2, 0.25) is 0 Å². The summed E-state index contributed by atoms with van der Waals surface area (Å²) in [5.74, 6) is 0.901. The van der Waals surface area contributed by atoms with Crippen molar-refractivity contribution in [2.45, 2.75) is 19.8 Å². The summed E-state index contributed by atoms with van der Waals surface area (Å²) in [6.45, 7) is 3.50. The number of rotatable bonds is 3. The van der Waals surface area contributed by atoms with Crippen molar-refractivity contribution < 1.29 is 4.79 Å². The molecule has 0 saturated carbocycles. The number of fused-ring (bicyclic) bond motifs is 1. The molecule has 122 valence electrons. The maximum atomic E-state index is 11.8. The molecule has 0 bridgehead atoms. The van der Waals surface area contributed by atoms with E-state index >= 15 is 0 Å². The molecule has 0 radical (unpaired) electrons. The van der Waals surface area contributed by atoms with Crippen LogP contribution in [-0.2, 0) is 0 Å². The van der Waals surface area contributed by atoms with Gasteiger partial charge in [-0.3, -0.25) is 4.79 Å². The number of hydrogen-bond donors (Lipinski definition) is 1. The average Bonchev–Trinajstić information content (AvgIpc) is 3.24. The fourth-order valence-electron chi connectivity index (χ4n) is 3.11. The van der Waals surface area contributed by atoms with Crippen molar-refractivity contribution in [1.29, 1.82) is 0 Å². The largest absolute Gasteiger partial charge is 0.399 e. The summed E-state index contributed by atoms with van der Waals surface area (Å²) in [6.07, 6.45) is 2.32. The molecule has 1 aliphatic rings. The molecule has 6 nitrogen and oxygen atoms in total. The standard InChI is InChI=1S/C18H19N5O/c1-12(24)15-11-18(22-8-2-3-9-22)23-17(20-15)10-16(21-23)13-4-6-14(19)7-5-13/h4-7,10-11H,2-3,8-9,19H2,1H3. The summed E-state index contributed by atoms with van der Waals surface area (Å²) in [4.78, 5) is 18.6. The first kappa shape index (κ1) is 14.7. The van der Waals surface area contributed by atoms with Crippen LogP contribution in [0.1, 0.15) is 30.3 Å². The van der Waals surface area contributed by atoms with E-state index in [1.807, 2.05) is 40.9 Å². The number of nitrogens with zero attached hydrogens (tertiary/aromatic N) is 4. The maximum Gasteiger partial charge on any atom is 0.178 e. The predicted octanol–water partition coefficient (Wildman–Crippen LogP) is 2.78. The van der Waals surface area contributed by atoms with Crippen LogP contribution in [0.25, 0.3) is 16.9 Å². The van der Waals surface area contributed by atoms with Crippen LogP contribution < -0.4 is 10.6 Å². The lowest BCUT2D eigenvalue weighted by molar-refractivity contribution is 0.101. The Morgan fingerprint density at radius 1 is 1.12 bits per heavy atom. The van der Waals surface area contributed by atoms with Gasteiger partial charge in [-0.25, -0.2) is 4.98 Å². The van der Waals surface area contributed by atoms with Gasteiger partial charge in [0, 0.05) is 43.4 Å². The first-order valence-corrected chi connectivity index (χ1v) is 8.14. The minimum absolute atomic E-state index is 0.0341. The van der Waals surface area contributed by atoms with E-state index in [0.29, 0.717) is 11.3 Å². The van der Waals surface area contributed by atoms with Gasteiger partial charge in [0.05, 0.1) is 5.69 Å². The fraction of sp³-hybridized carbons (Fsp3) is 0.278. The maximum absolute atomic E-state index is 11.8. The molecule has 0 amide bonds. The van der Waals surface area contributed by atoms with Crippen molar-refractivity contribution in [2.75, 3.05) is 23.7 Å². The first-order valence-electron chi connectivity index (χ1n) is 8.14. The topological polar surface area (TPSA) is 76.5 Å². The highest BCUT2D eigenvalue weighted by atomic mass is 16.1. The third kappa shape index (κ3) is 2.50. The predicted molar refractivity (Wildman–Crippen MR) is 94.3 cm³/mol. The highest BCUT2D eigenvalue weighted by Gasteiger charge is 2.19. The second kappa shape index (κ2) is 5.63. The zero-order chi connectivity index (χ0) is 16.7. The monoisotopic (exact) mass is 321 g/mol. The van der Waals surface area contributed by atoms with Crippen LogP contribution in [0.2, 0.25) is 0 Å². The molecule has 1 fully saturated rings. The van der Waals surface area contributed by atoms with Crippen LogP contribution >= 0.6 is 0 Å². The Balaban J connectivity index is 1.89. The minimum Gasteiger partial charge on any atom is -0.399 e. The number of aromatic nitrogens is 3. The third-order valence-electron chi connectivity index (χ3n) is 4.41. The smallest absolute Gasteiger partial charge is 0.178 e. The SMILES string of the molecule is CC(=O)c1cc(N2CCCC2)n2nc(-c3ccc(N)cc3)cc2n1. The number of carbonyl (C=O) groups is 1. The van der Waals surface area contributed by atoms with E-state index in [9.17, 15) is 4.79 Å². The number of nitrogens with two attached hydrogens (primary N) is 1. The molecular formula is C18H19N5O. The number of ketones is 1. The molecule has 6 heteroatoms. The van der Waals surface area contributed by atoms with Crippen molar-refractivity contribution in [1.82, 2.24) is 14.6 Å². The number of nitrogen functional groups attached to an aromatic ring is 1. The molecule has 0 spiro atoms. The summed E-state index contributed by atoms with van der Waals surface area (Å²) >= 11 is 0. The average molecular weight is 321 g/mol. The second-order valence-electron chi connectivity index (χ2n) is 6.17. The quantitative estimate of drug-likeness (QED) is 0.593. The van der Waals surface area contributed by atoms with E-state index in [2.05, 4.69) is 9.88 Å². The Morgan fingerprint density at radius 2 is 1.83 bits per heavy atom. The van der Waals surface area contributed by atoms with Crippen molar-refractivity contribution in [3.63, 3.8) is 0 Å². The molecule has 2 N–H and O–H groups in total.